The minimum Gasteiger partial charge on any atom is -0.472 e. The maximum absolute atomic E-state index is 5.47. The van der Waals surface area contributed by atoms with E-state index in [1.807, 2.05) is 17.5 Å². The molecule has 2 aromatic heterocycles. The molecule has 2 aromatic rings. The predicted molar refractivity (Wildman–Crippen MR) is 52.2 cm³/mol. The van der Waals surface area contributed by atoms with Gasteiger partial charge >= 0.3 is 0 Å². The molecule has 2 heterocycles. The summed E-state index contributed by atoms with van der Waals surface area (Å²) in [5, 5.41) is 4.09. The van der Waals surface area contributed by atoms with E-state index in [1.165, 1.54) is 0 Å². The molecule has 68 valence electrons. The Morgan fingerprint density at radius 3 is 2.85 bits per heavy atom. The van der Waals surface area contributed by atoms with Crippen LogP contribution in [-0.4, -0.2) is 0 Å². The Hall–Kier alpha value is -1.10. The van der Waals surface area contributed by atoms with Crippen molar-refractivity contribution < 1.29 is 4.42 Å². The van der Waals surface area contributed by atoms with E-state index in [0.717, 1.165) is 11.1 Å². The van der Waals surface area contributed by atoms with Gasteiger partial charge in [0.15, 0.2) is 0 Å². The van der Waals surface area contributed by atoms with Gasteiger partial charge in [0.1, 0.15) is 0 Å². The maximum Gasteiger partial charge on any atom is 0.0954 e. The zero-order valence-electron chi connectivity index (χ0n) is 6.94. The lowest BCUT2D eigenvalue weighted by atomic mass is 10.1. The molecule has 0 aromatic carbocycles. The minimum absolute atomic E-state index is 0.0324. The van der Waals surface area contributed by atoms with Crippen LogP contribution in [0.2, 0.25) is 0 Å². The van der Waals surface area contributed by atoms with Gasteiger partial charge in [-0.2, -0.15) is 11.3 Å². The Labute approximate surface area is 80.1 Å². The summed E-state index contributed by atoms with van der Waals surface area (Å²) < 4.78 is 5.00. The Morgan fingerprint density at radius 2 is 2.31 bits per heavy atom. The van der Waals surface area contributed by atoms with Gasteiger partial charge in [-0.25, -0.2) is 5.43 Å². The topological polar surface area (TPSA) is 51.2 Å². The molecule has 4 heteroatoms. The number of rotatable bonds is 3. The number of nitrogens with one attached hydrogen (secondary N) is 1. The van der Waals surface area contributed by atoms with Gasteiger partial charge in [0.2, 0.25) is 0 Å². The van der Waals surface area contributed by atoms with Crippen LogP contribution in [0, 0.1) is 0 Å². The number of hydrazine groups is 1. The van der Waals surface area contributed by atoms with Crippen LogP contribution in [0.15, 0.2) is 39.8 Å². The highest BCUT2D eigenvalue weighted by Gasteiger charge is 2.12. The fraction of sp³-hybridized carbons (Fsp3) is 0.111. The number of thiophene rings is 1. The molecule has 3 N–H and O–H groups in total. The summed E-state index contributed by atoms with van der Waals surface area (Å²) in [7, 11) is 0. The van der Waals surface area contributed by atoms with Crippen molar-refractivity contribution in [3.8, 4) is 0 Å². The van der Waals surface area contributed by atoms with Crippen molar-refractivity contribution >= 4 is 11.3 Å². The van der Waals surface area contributed by atoms with Gasteiger partial charge in [0, 0.05) is 5.56 Å². The average molecular weight is 194 g/mol. The second-order valence-corrected chi connectivity index (χ2v) is 3.49. The number of hydrogen-bond acceptors (Lipinski definition) is 4. The van der Waals surface area contributed by atoms with Gasteiger partial charge in [-0.05, 0) is 28.5 Å². The lowest BCUT2D eigenvalue weighted by Crippen LogP contribution is -2.28. The Balaban J connectivity index is 2.29. The number of hydrogen-bond donors (Lipinski definition) is 2. The summed E-state index contributed by atoms with van der Waals surface area (Å²) in [6, 6.07) is 3.98. The molecular formula is C9H10N2OS. The smallest absolute Gasteiger partial charge is 0.0954 e. The Bertz CT molecular complexity index is 307. The molecule has 3 nitrogen and oxygen atoms in total. The van der Waals surface area contributed by atoms with Crippen molar-refractivity contribution in [3.05, 3.63) is 46.5 Å². The van der Waals surface area contributed by atoms with E-state index in [1.54, 1.807) is 23.9 Å². The molecule has 0 bridgehead atoms. The summed E-state index contributed by atoms with van der Waals surface area (Å²) in [6.45, 7) is 0. The monoisotopic (exact) mass is 194 g/mol. The van der Waals surface area contributed by atoms with E-state index in [9.17, 15) is 0 Å². The van der Waals surface area contributed by atoms with Crippen molar-refractivity contribution in [3.63, 3.8) is 0 Å². The highest BCUT2D eigenvalue weighted by Crippen LogP contribution is 2.23. The molecule has 0 aliphatic carbocycles. The van der Waals surface area contributed by atoms with Crippen molar-refractivity contribution in [1.82, 2.24) is 5.43 Å². The van der Waals surface area contributed by atoms with Crippen molar-refractivity contribution in [2.45, 2.75) is 6.04 Å². The second-order valence-electron chi connectivity index (χ2n) is 2.71. The van der Waals surface area contributed by atoms with Gasteiger partial charge in [-0.1, -0.05) is 0 Å². The van der Waals surface area contributed by atoms with Gasteiger partial charge < -0.3 is 4.42 Å². The van der Waals surface area contributed by atoms with Crippen LogP contribution in [0.4, 0.5) is 0 Å². The highest BCUT2D eigenvalue weighted by atomic mass is 32.1. The maximum atomic E-state index is 5.47. The van der Waals surface area contributed by atoms with E-state index < -0.39 is 0 Å². The zero-order chi connectivity index (χ0) is 9.10. The van der Waals surface area contributed by atoms with Crippen LogP contribution >= 0.6 is 11.3 Å². The number of nitrogens with two attached hydrogens (primary N) is 1. The van der Waals surface area contributed by atoms with Crippen LogP contribution in [-0.2, 0) is 0 Å². The van der Waals surface area contributed by atoms with Gasteiger partial charge in [0.25, 0.3) is 0 Å². The van der Waals surface area contributed by atoms with Crippen LogP contribution in [0.1, 0.15) is 17.2 Å². The van der Waals surface area contributed by atoms with Crippen molar-refractivity contribution in [2.75, 3.05) is 0 Å². The molecule has 2 rings (SSSR count). The summed E-state index contributed by atoms with van der Waals surface area (Å²) >= 11 is 1.65. The molecule has 1 unspecified atom stereocenters. The Kier molecular flexibility index (Phi) is 2.44. The van der Waals surface area contributed by atoms with Gasteiger partial charge in [-0.15, -0.1) is 0 Å². The van der Waals surface area contributed by atoms with E-state index >= 15 is 0 Å². The largest absolute Gasteiger partial charge is 0.472 e. The first-order chi connectivity index (χ1) is 6.42. The third-order valence-corrected chi connectivity index (χ3v) is 2.62. The molecule has 0 aliphatic rings. The molecular weight excluding hydrogens is 184 g/mol. The molecule has 0 fully saturated rings. The molecule has 1 atom stereocenters. The van der Waals surface area contributed by atoms with Crippen LogP contribution < -0.4 is 11.3 Å². The standard InChI is InChI=1S/C9H10N2OS/c10-11-9(7-1-3-12-5-7)8-2-4-13-6-8/h1-6,9,11H,10H2. The van der Waals surface area contributed by atoms with E-state index in [2.05, 4.69) is 10.8 Å². The van der Waals surface area contributed by atoms with Gasteiger partial charge in [-0.3, -0.25) is 5.84 Å². The predicted octanol–water partition coefficient (Wildman–Crippen LogP) is 1.89. The average Bonchev–Trinajstić information content (AvgIpc) is 2.76. The van der Waals surface area contributed by atoms with Crippen molar-refractivity contribution in [1.29, 1.82) is 0 Å². The first-order valence-corrected chi connectivity index (χ1v) is 4.86. The SMILES string of the molecule is NNC(c1ccoc1)c1ccsc1. The molecule has 0 radical (unpaired) electrons. The molecule has 0 saturated heterocycles. The lowest BCUT2D eigenvalue weighted by Gasteiger charge is -2.11. The third-order valence-electron chi connectivity index (χ3n) is 1.92. The Morgan fingerprint density at radius 1 is 1.38 bits per heavy atom. The molecule has 0 amide bonds. The molecule has 0 saturated carbocycles. The minimum atomic E-state index is 0.0324. The second kappa shape index (κ2) is 3.74. The number of furan rings is 1. The fourth-order valence-corrected chi connectivity index (χ4v) is 1.95. The van der Waals surface area contributed by atoms with Crippen LogP contribution in [0.5, 0.6) is 0 Å². The first kappa shape index (κ1) is 8.50. The normalized spacial score (nSPS) is 13.0. The fourth-order valence-electron chi connectivity index (χ4n) is 1.26. The first-order valence-electron chi connectivity index (χ1n) is 3.92. The summed E-state index contributed by atoms with van der Waals surface area (Å²) in [6.07, 6.45) is 3.34. The van der Waals surface area contributed by atoms with Crippen LogP contribution in [0.3, 0.4) is 0 Å². The summed E-state index contributed by atoms with van der Waals surface area (Å²) in [5.41, 5.74) is 4.96. The summed E-state index contributed by atoms with van der Waals surface area (Å²) in [4.78, 5) is 0. The third kappa shape index (κ3) is 1.65. The quantitative estimate of drug-likeness (QED) is 0.579. The summed E-state index contributed by atoms with van der Waals surface area (Å²) in [5.74, 6) is 5.47. The van der Waals surface area contributed by atoms with Crippen molar-refractivity contribution in [2.24, 2.45) is 5.84 Å². The van der Waals surface area contributed by atoms with E-state index in [-0.39, 0.29) is 6.04 Å². The molecule has 0 spiro atoms. The lowest BCUT2D eigenvalue weighted by molar-refractivity contribution is 0.553. The molecule has 0 aliphatic heterocycles. The van der Waals surface area contributed by atoms with E-state index in [4.69, 9.17) is 10.3 Å². The van der Waals surface area contributed by atoms with E-state index in [0.29, 0.717) is 0 Å². The van der Waals surface area contributed by atoms with Crippen LogP contribution in [0.25, 0.3) is 0 Å². The van der Waals surface area contributed by atoms with Gasteiger partial charge in [0.05, 0.1) is 18.6 Å². The highest BCUT2D eigenvalue weighted by molar-refractivity contribution is 7.08. The zero-order valence-corrected chi connectivity index (χ0v) is 7.75. The molecule has 13 heavy (non-hydrogen) atoms.